The van der Waals surface area contributed by atoms with E-state index in [-0.39, 0.29) is 6.29 Å². The van der Waals surface area contributed by atoms with E-state index in [0.29, 0.717) is 12.2 Å². The van der Waals surface area contributed by atoms with Crippen LogP contribution in [0, 0.1) is 0 Å². The lowest BCUT2D eigenvalue weighted by Gasteiger charge is -2.32. The van der Waals surface area contributed by atoms with Crippen molar-refractivity contribution in [2.75, 3.05) is 19.8 Å². The van der Waals surface area contributed by atoms with Crippen LogP contribution in [0.25, 0.3) is 0 Å². The second kappa shape index (κ2) is 13.3. The van der Waals surface area contributed by atoms with Gasteiger partial charge >= 0.3 is 0 Å². The van der Waals surface area contributed by atoms with Crippen molar-refractivity contribution in [3.05, 3.63) is 35.9 Å². The van der Waals surface area contributed by atoms with Crippen LogP contribution in [0.3, 0.4) is 0 Å². The van der Waals surface area contributed by atoms with E-state index in [9.17, 15) is 0 Å². The Hall–Kier alpha value is -0.940. The minimum absolute atomic E-state index is 0.0490. The normalized spacial score (nSPS) is 25.6. The van der Waals surface area contributed by atoms with E-state index in [1.165, 1.54) is 31.2 Å². The zero-order valence-electron chi connectivity index (χ0n) is 17.4. The van der Waals surface area contributed by atoms with E-state index in [0.717, 1.165) is 71.4 Å². The Morgan fingerprint density at radius 3 is 2.29 bits per heavy atom. The summed E-state index contributed by atoms with van der Waals surface area (Å²) in [7, 11) is 0. The molecule has 1 aromatic rings. The van der Waals surface area contributed by atoms with Crippen molar-refractivity contribution < 1.29 is 18.9 Å². The van der Waals surface area contributed by atoms with Crippen LogP contribution in [-0.2, 0) is 25.6 Å². The van der Waals surface area contributed by atoms with Gasteiger partial charge in [0.2, 0.25) is 0 Å². The summed E-state index contributed by atoms with van der Waals surface area (Å²) < 4.78 is 23.6. The molecular weight excluding hydrogens is 352 g/mol. The fourth-order valence-electron chi connectivity index (χ4n) is 4.04. The van der Waals surface area contributed by atoms with Gasteiger partial charge in [-0.1, -0.05) is 43.2 Å². The van der Waals surface area contributed by atoms with Crippen molar-refractivity contribution in [3.8, 4) is 0 Å². The minimum atomic E-state index is 0.0490. The van der Waals surface area contributed by atoms with Crippen LogP contribution in [0.4, 0.5) is 0 Å². The largest absolute Gasteiger partial charge is 0.378 e. The third-order valence-electron chi connectivity index (χ3n) is 5.75. The van der Waals surface area contributed by atoms with Gasteiger partial charge in [0.25, 0.3) is 0 Å². The molecule has 1 atom stereocenters. The molecule has 0 spiro atoms. The molecule has 158 valence electrons. The highest BCUT2D eigenvalue weighted by Crippen LogP contribution is 2.26. The average Bonchev–Trinajstić information content (AvgIpc) is 2.75. The molecule has 3 rings (SSSR count). The lowest BCUT2D eigenvalue weighted by atomic mass is 9.95. The third kappa shape index (κ3) is 8.60. The first-order chi connectivity index (χ1) is 13.9. The first-order valence-electron chi connectivity index (χ1n) is 11.4. The fourth-order valence-corrected chi connectivity index (χ4v) is 4.04. The summed E-state index contributed by atoms with van der Waals surface area (Å²) in [6, 6.07) is 10.4. The van der Waals surface area contributed by atoms with Crippen LogP contribution < -0.4 is 0 Å². The number of hydrogen-bond acceptors (Lipinski definition) is 4. The van der Waals surface area contributed by atoms with E-state index in [2.05, 4.69) is 24.3 Å². The van der Waals surface area contributed by atoms with Gasteiger partial charge in [-0.15, -0.1) is 0 Å². The quantitative estimate of drug-likeness (QED) is 0.433. The molecule has 4 nitrogen and oxygen atoms in total. The third-order valence-corrected chi connectivity index (χ3v) is 5.75. The highest BCUT2D eigenvalue weighted by atomic mass is 16.7. The molecule has 2 aliphatic rings. The summed E-state index contributed by atoms with van der Waals surface area (Å²) in [5, 5.41) is 0. The fraction of sp³-hybridized carbons (Fsp3) is 0.750. The standard InChI is InChI=1S/C24H38O4/c1(7-17-25-20-21-10-4-3-5-11-21)2-8-18-26-22-13-15-23(16-14-22)28-24-12-6-9-19-27-24/h3-5,10-11,22-24H,1-2,6-9,12-20H2. The van der Waals surface area contributed by atoms with E-state index >= 15 is 0 Å². The van der Waals surface area contributed by atoms with Gasteiger partial charge in [0.1, 0.15) is 0 Å². The summed E-state index contributed by atoms with van der Waals surface area (Å²) in [5.74, 6) is 0. The summed E-state index contributed by atoms with van der Waals surface area (Å²) >= 11 is 0. The van der Waals surface area contributed by atoms with Crippen LogP contribution in [0.2, 0.25) is 0 Å². The Kier molecular flexibility index (Phi) is 10.3. The molecule has 1 saturated heterocycles. The summed E-state index contributed by atoms with van der Waals surface area (Å²) in [5.41, 5.74) is 1.25. The summed E-state index contributed by atoms with van der Waals surface area (Å²) in [4.78, 5) is 0. The molecule has 1 saturated carbocycles. The van der Waals surface area contributed by atoms with Crippen molar-refractivity contribution in [1.29, 1.82) is 0 Å². The van der Waals surface area contributed by atoms with Crippen LogP contribution in [-0.4, -0.2) is 38.3 Å². The first kappa shape index (κ1) is 21.8. The molecule has 2 fully saturated rings. The minimum Gasteiger partial charge on any atom is -0.378 e. The van der Waals surface area contributed by atoms with Crippen LogP contribution >= 0.6 is 0 Å². The van der Waals surface area contributed by atoms with Crippen LogP contribution in [0.5, 0.6) is 0 Å². The number of benzene rings is 1. The number of ether oxygens (including phenoxy) is 4. The number of hydrogen-bond donors (Lipinski definition) is 0. The Morgan fingerprint density at radius 2 is 1.54 bits per heavy atom. The van der Waals surface area contributed by atoms with Gasteiger partial charge in [0.05, 0.1) is 18.8 Å². The van der Waals surface area contributed by atoms with E-state index in [1.54, 1.807) is 0 Å². The molecule has 0 bridgehead atoms. The Balaban J connectivity index is 1.11. The van der Waals surface area contributed by atoms with Crippen LogP contribution in [0.15, 0.2) is 30.3 Å². The van der Waals surface area contributed by atoms with Gasteiger partial charge in [-0.2, -0.15) is 0 Å². The van der Waals surface area contributed by atoms with Crippen molar-refractivity contribution in [2.45, 2.75) is 95.7 Å². The summed E-state index contributed by atoms with van der Waals surface area (Å²) in [6.45, 7) is 3.34. The first-order valence-corrected chi connectivity index (χ1v) is 11.4. The van der Waals surface area contributed by atoms with Crippen LogP contribution in [0.1, 0.15) is 76.2 Å². The molecule has 4 heteroatoms. The second-order valence-electron chi connectivity index (χ2n) is 8.15. The maximum absolute atomic E-state index is 6.11. The monoisotopic (exact) mass is 390 g/mol. The van der Waals surface area contributed by atoms with Gasteiger partial charge in [-0.25, -0.2) is 0 Å². The lowest BCUT2D eigenvalue weighted by molar-refractivity contribution is -0.197. The number of unbranched alkanes of at least 4 members (excludes halogenated alkanes) is 3. The Bertz CT molecular complexity index is 493. The molecule has 0 N–H and O–H groups in total. The average molecular weight is 391 g/mol. The van der Waals surface area contributed by atoms with Gasteiger partial charge in [0, 0.05) is 19.8 Å². The molecule has 1 unspecified atom stereocenters. The maximum Gasteiger partial charge on any atom is 0.157 e. The topological polar surface area (TPSA) is 36.9 Å². The van der Waals surface area contributed by atoms with Crippen molar-refractivity contribution in [1.82, 2.24) is 0 Å². The van der Waals surface area contributed by atoms with Gasteiger partial charge < -0.3 is 18.9 Å². The van der Waals surface area contributed by atoms with Crippen molar-refractivity contribution >= 4 is 0 Å². The molecule has 1 aromatic carbocycles. The van der Waals surface area contributed by atoms with E-state index < -0.39 is 0 Å². The van der Waals surface area contributed by atoms with Gasteiger partial charge in [-0.3, -0.25) is 0 Å². The maximum atomic E-state index is 6.11. The SMILES string of the molecule is c1ccc(COCCCCCCOC2CCC(OC3CCCCO3)CC2)cc1. The molecule has 0 amide bonds. The van der Waals surface area contributed by atoms with Gasteiger partial charge in [-0.05, 0) is 63.4 Å². The molecule has 1 aliphatic heterocycles. The smallest absolute Gasteiger partial charge is 0.157 e. The summed E-state index contributed by atoms with van der Waals surface area (Å²) in [6.07, 6.45) is 13.6. The van der Waals surface area contributed by atoms with E-state index in [1.807, 2.05) is 6.07 Å². The highest BCUT2D eigenvalue weighted by Gasteiger charge is 2.25. The predicted octanol–water partition coefficient (Wildman–Crippen LogP) is 5.63. The molecule has 0 radical (unpaired) electrons. The lowest BCUT2D eigenvalue weighted by Crippen LogP contribution is -2.32. The second-order valence-corrected chi connectivity index (χ2v) is 8.15. The predicted molar refractivity (Wildman–Crippen MR) is 111 cm³/mol. The molecule has 28 heavy (non-hydrogen) atoms. The molecule has 0 aromatic heterocycles. The highest BCUT2D eigenvalue weighted by molar-refractivity contribution is 5.13. The van der Waals surface area contributed by atoms with Crippen molar-refractivity contribution in [3.63, 3.8) is 0 Å². The molecule has 1 aliphatic carbocycles. The zero-order valence-corrected chi connectivity index (χ0v) is 17.4. The number of rotatable bonds is 12. The Labute approximate surface area is 170 Å². The molecule has 1 heterocycles. The van der Waals surface area contributed by atoms with Gasteiger partial charge in [0.15, 0.2) is 6.29 Å². The Morgan fingerprint density at radius 1 is 0.786 bits per heavy atom. The molecular formula is C24H38O4. The zero-order chi connectivity index (χ0) is 19.3. The van der Waals surface area contributed by atoms with Crippen molar-refractivity contribution in [2.24, 2.45) is 0 Å². The van der Waals surface area contributed by atoms with E-state index in [4.69, 9.17) is 18.9 Å².